The van der Waals surface area contributed by atoms with Gasteiger partial charge in [-0.25, -0.2) is 4.39 Å². The smallest absolute Gasteiger partial charge is 0.290 e. The summed E-state index contributed by atoms with van der Waals surface area (Å²) in [6, 6.07) is 17.1. The fraction of sp³-hybridized carbons (Fsp3) is 0.0476. The van der Waals surface area contributed by atoms with Crippen molar-refractivity contribution < 1.29 is 23.1 Å². The van der Waals surface area contributed by atoms with Crippen LogP contribution >= 0.6 is 11.8 Å². The number of carbonyl (C=O) groups is 2. The van der Waals surface area contributed by atoms with Gasteiger partial charge in [-0.2, -0.15) is 0 Å². The first-order chi connectivity index (χ1) is 13.6. The average molecular weight is 395 g/mol. The summed E-state index contributed by atoms with van der Waals surface area (Å²) in [5, 5.41) is 1.77. The molecule has 0 bridgehead atoms. The number of ether oxygens (including phenoxy) is 1. The van der Waals surface area contributed by atoms with Crippen LogP contribution in [-0.4, -0.2) is 11.1 Å². The maximum atomic E-state index is 13.7. The first kappa shape index (κ1) is 18.1. The van der Waals surface area contributed by atoms with Crippen LogP contribution in [0.1, 0.15) is 11.3 Å². The Labute approximate surface area is 164 Å². The van der Waals surface area contributed by atoms with Crippen LogP contribution < -0.4 is 10.1 Å². The number of thioether (sulfide) groups is 1. The number of amides is 2. The zero-order chi connectivity index (χ0) is 19.5. The molecule has 1 N–H and O–H groups in total. The van der Waals surface area contributed by atoms with E-state index in [1.165, 1.54) is 18.2 Å². The van der Waals surface area contributed by atoms with Gasteiger partial charge in [0.2, 0.25) is 0 Å². The van der Waals surface area contributed by atoms with Crippen molar-refractivity contribution in [2.24, 2.45) is 0 Å². The normalized spacial score (nSPS) is 15.1. The molecule has 0 radical (unpaired) electrons. The van der Waals surface area contributed by atoms with Gasteiger partial charge in [0.15, 0.2) is 0 Å². The Balaban J connectivity index is 1.59. The van der Waals surface area contributed by atoms with Crippen LogP contribution in [0, 0.1) is 5.82 Å². The molecule has 1 saturated heterocycles. The fourth-order valence-electron chi connectivity index (χ4n) is 2.68. The van der Waals surface area contributed by atoms with Crippen molar-refractivity contribution in [2.45, 2.75) is 6.61 Å². The molecule has 140 valence electrons. The molecule has 1 fully saturated rings. The monoisotopic (exact) mass is 395 g/mol. The second-order valence-corrected chi connectivity index (χ2v) is 6.98. The summed E-state index contributed by atoms with van der Waals surface area (Å²) in [5.74, 6) is 0.339. The first-order valence-electron chi connectivity index (χ1n) is 8.40. The highest BCUT2D eigenvalue weighted by molar-refractivity contribution is 8.18. The number of nitrogens with one attached hydrogen (secondary N) is 1. The average Bonchev–Trinajstić information content (AvgIpc) is 3.27. The zero-order valence-electron chi connectivity index (χ0n) is 14.5. The quantitative estimate of drug-likeness (QED) is 0.617. The number of rotatable bonds is 5. The van der Waals surface area contributed by atoms with E-state index in [4.69, 9.17) is 9.15 Å². The summed E-state index contributed by atoms with van der Waals surface area (Å²) in [6.45, 7) is 0.286. The van der Waals surface area contributed by atoms with Gasteiger partial charge in [-0.1, -0.05) is 30.3 Å². The number of furan rings is 1. The maximum Gasteiger partial charge on any atom is 0.290 e. The van der Waals surface area contributed by atoms with E-state index >= 15 is 0 Å². The zero-order valence-corrected chi connectivity index (χ0v) is 15.3. The molecular weight excluding hydrogens is 381 g/mol. The van der Waals surface area contributed by atoms with Crippen LogP contribution in [0.5, 0.6) is 5.75 Å². The molecule has 0 atom stereocenters. The van der Waals surface area contributed by atoms with Gasteiger partial charge in [0.05, 0.1) is 10.5 Å². The third-order valence-electron chi connectivity index (χ3n) is 3.99. The highest BCUT2D eigenvalue weighted by atomic mass is 32.2. The van der Waals surface area contributed by atoms with Gasteiger partial charge in [0.25, 0.3) is 11.1 Å². The van der Waals surface area contributed by atoms with Crippen molar-refractivity contribution in [2.75, 3.05) is 0 Å². The molecule has 5 nitrogen and oxygen atoms in total. The van der Waals surface area contributed by atoms with Crippen molar-refractivity contribution in [1.82, 2.24) is 5.32 Å². The minimum absolute atomic E-state index is 0.255. The van der Waals surface area contributed by atoms with Crippen LogP contribution in [0.3, 0.4) is 0 Å². The Morgan fingerprint density at radius 2 is 1.89 bits per heavy atom. The Kier molecular flexibility index (Phi) is 4.99. The number of hydrogen-bond acceptors (Lipinski definition) is 5. The fourth-order valence-corrected chi connectivity index (χ4v) is 3.34. The van der Waals surface area contributed by atoms with Crippen LogP contribution in [0.4, 0.5) is 9.18 Å². The predicted molar refractivity (Wildman–Crippen MR) is 104 cm³/mol. The minimum Gasteiger partial charge on any atom is -0.488 e. The molecule has 2 heterocycles. The van der Waals surface area contributed by atoms with Gasteiger partial charge in [-0.3, -0.25) is 14.9 Å². The number of benzene rings is 2. The van der Waals surface area contributed by atoms with E-state index in [1.807, 2.05) is 30.3 Å². The van der Waals surface area contributed by atoms with E-state index in [9.17, 15) is 14.0 Å². The van der Waals surface area contributed by atoms with Gasteiger partial charge in [0.1, 0.15) is 29.7 Å². The van der Waals surface area contributed by atoms with Crippen molar-refractivity contribution in [1.29, 1.82) is 0 Å². The van der Waals surface area contributed by atoms with E-state index in [0.717, 1.165) is 17.3 Å². The lowest BCUT2D eigenvalue weighted by molar-refractivity contribution is -0.115. The van der Waals surface area contributed by atoms with Crippen molar-refractivity contribution >= 4 is 29.0 Å². The summed E-state index contributed by atoms with van der Waals surface area (Å²) >= 11 is 0.812. The Morgan fingerprint density at radius 3 is 2.64 bits per heavy atom. The molecule has 0 spiro atoms. The van der Waals surface area contributed by atoms with E-state index in [1.54, 1.807) is 18.2 Å². The van der Waals surface area contributed by atoms with Crippen LogP contribution in [0.15, 0.2) is 70.0 Å². The molecule has 1 aliphatic rings. The van der Waals surface area contributed by atoms with E-state index in [-0.39, 0.29) is 11.5 Å². The summed E-state index contributed by atoms with van der Waals surface area (Å²) < 4.78 is 25.3. The Morgan fingerprint density at radius 1 is 1.07 bits per heavy atom. The standard InChI is InChI=1S/C21H14FNO4S/c22-14-6-8-16(18(10-14)26-12-13-4-2-1-3-5-13)17-9-7-15(27-17)11-19-20(24)23-21(25)28-19/h1-11H,12H2,(H,23,24,25)/b19-11+. The highest BCUT2D eigenvalue weighted by Crippen LogP contribution is 2.34. The number of carbonyl (C=O) groups excluding carboxylic acids is 2. The summed E-state index contributed by atoms with van der Waals surface area (Å²) in [4.78, 5) is 23.2. The molecule has 7 heteroatoms. The minimum atomic E-state index is -0.457. The molecular formula is C21H14FNO4S. The maximum absolute atomic E-state index is 13.7. The van der Waals surface area contributed by atoms with Gasteiger partial charge >= 0.3 is 0 Å². The number of halogens is 1. The number of imide groups is 1. The first-order valence-corrected chi connectivity index (χ1v) is 9.21. The molecule has 0 saturated carbocycles. The van der Waals surface area contributed by atoms with E-state index < -0.39 is 17.0 Å². The van der Waals surface area contributed by atoms with Crippen LogP contribution in [0.2, 0.25) is 0 Å². The lowest BCUT2D eigenvalue weighted by Crippen LogP contribution is -2.17. The summed E-state index contributed by atoms with van der Waals surface area (Å²) in [6.07, 6.45) is 1.49. The SMILES string of the molecule is O=C1NC(=O)/C(=C\c2ccc(-c3ccc(F)cc3OCc3ccccc3)o2)S1. The van der Waals surface area contributed by atoms with Crippen molar-refractivity contribution in [3.63, 3.8) is 0 Å². The van der Waals surface area contributed by atoms with Crippen LogP contribution in [-0.2, 0) is 11.4 Å². The molecule has 0 aliphatic carbocycles. The molecule has 1 aliphatic heterocycles. The molecule has 28 heavy (non-hydrogen) atoms. The molecule has 4 rings (SSSR count). The molecule has 2 amide bonds. The molecule has 0 unspecified atom stereocenters. The lowest BCUT2D eigenvalue weighted by Gasteiger charge is -2.10. The lowest BCUT2D eigenvalue weighted by atomic mass is 10.1. The van der Waals surface area contributed by atoms with Gasteiger partial charge in [-0.05, 0) is 41.6 Å². The molecule has 3 aromatic rings. The summed E-state index contributed by atoms with van der Waals surface area (Å²) in [7, 11) is 0. The van der Waals surface area contributed by atoms with Gasteiger partial charge < -0.3 is 9.15 Å². The van der Waals surface area contributed by atoms with E-state index in [0.29, 0.717) is 22.8 Å². The van der Waals surface area contributed by atoms with Gasteiger partial charge in [0, 0.05) is 12.1 Å². The second-order valence-electron chi connectivity index (χ2n) is 5.97. The molecule has 1 aromatic heterocycles. The van der Waals surface area contributed by atoms with E-state index in [2.05, 4.69) is 5.32 Å². The van der Waals surface area contributed by atoms with Gasteiger partial charge in [-0.15, -0.1) is 0 Å². The topological polar surface area (TPSA) is 68.5 Å². The second kappa shape index (κ2) is 7.74. The van der Waals surface area contributed by atoms with Crippen molar-refractivity contribution in [3.05, 3.63) is 82.7 Å². The third kappa shape index (κ3) is 3.99. The Hall–Kier alpha value is -3.32. The third-order valence-corrected chi connectivity index (χ3v) is 4.80. The summed E-state index contributed by atoms with van der Waals surface area (Å²) in [5.41, 5.74) is 1.54. The Bertz CT molecular complexity index is 1080. The largest absolute Gasteiger partial charge is 0.488 e. The number of hydrogen-bond donors (Lipinski definition) is 1. The molecule has 2 aromatic carbocycles. The predicted octanol–water partition coefficient (Wildman–Crippen LogP) is 4.99. The highest BCUT2D eigenvalue weighted by Gasteiger charge is 2.25. The van der Waals surface area contributed by atoms with Crippen molar-refractivity contribution in [3.8, 4) is 17.1 Å². The van der Waals surface area contributed by atoms with Crippen LogP contribution in [0.25, 0.3) is 17.4 Å².